The van der Waals surface area contributed by atoms with Crippen LogP contribution in [0, 0.1) is 6.92 Å². The molecule has 2 aromatic rings. The van der Waals surface area contributed by atoms with E-state index < -0.39 is 0 Å². The summed E-state index contributed by atoms with van der Waals surface area (Å²) in [6.45, 7) is 5.25. The predicted molar refractivity (Wildman–Crippen MR) is 74.8 cm³/mol. The predicted octanol–water partition coefficient (Wildman–Crippen LogP) is 2.11. The van der Waals surface area contributed by atoms with Crippen LogP contribution in [0.15, 0.2) is 30.6 Å². The highest BCUT2D eigenvalue weighted by molar-refractivity contribution is 5.09. The molecule has 4 heteroatoms. The van der Waals surface area contributed by atoms with Gasteiger partial charge in [-0.1, -0.05) is 0 Å². The number of aromatic nitrogens is 3. The second-order valence-corrected chi connectivity index (χ2v) is 5.39. The second kappa shape index (κ2) is 5.13. The zero-order valence-corrected chi connectivity index (χ0v) is 11.6. The summed E-state index contributed by atoms with van der Waals surface area (Å²) >= 11 is 0. The molecule has 19 heavy (non-hydrogen) atoms. The molecule has 0 aromatic carbocycles. The number of hydrogen-bond donors (Lipinski definition) is 0. The number of nitrogens with zero attached hydrogens (tertiary/aromatic N) is 4. The van der Waals surface area contributed by atoms with Gasteiger partial charge in [-0.2, -0.15) is 0 Å². The van der Waals surface area contributed by atoms with Crippen molar-refractivity contribution in [1.29, 1.82) is 0 Å². The highest BCUT2D eigenvalue weighted by Crippen LogP contribution is 2.25. The third-order valence-corrected chi connectivity index (χ3v) is 3.89. The molecule has 1 saturated heterocycles. The van der Waals surface area contributed by atoms with E-state index in [-0.39, 0.29) is 0 Å². The van der Waals surface area contributed by atoms with Gasteiger partial charge in [0.2, 0.25) is 0 Å². The Labute approximate surface area is 114 Å². The van der Waals surface area contributed by atoms with E-state index in [1.165, 1.54) is 5.69 Å². The number of likely N-dealkylation sites (tertiary alicyclic amines) is 1. The van der Waals surface area contributed by atoms with Gasteiger partial charge in [-0.25, -0.2) is 9.97 Å². The summed E-state index contributed by atoms with van der Waals surface area (Å²) < 4.78 is 2.19. The van der Waals surface area contributed by atoms with Crippen LogP contribution in [0.4, 0.5) is 0 Å². The van der Waals surface area contributed by atoms with Crippen LogP contribution >= 0.6 is 0 Å². The van der Waals surface area contributed by atoms with E-state index in [1.54, 1.807) is 0 Å². The summed E-state index contributed by atoms with van der Waals surface area (Å²) in [7, 11) is 2.10. The Hall–Kier alpha value is -1.68. The van der Waals surface area contributed by atoms with Crippen molar-refractivity contribution >= 4 is 0 Å². The third kappa shape index (κ3) is 2.68. The van der Waals surface area contributed by atoms with Crippen LogP contribution in [-0.4, -0.2) is 32.5 Å². The zero-order valence-electron chi connectivity index (χ0n) is 11.6. The lowest BCUT2D eigenvalue weighted by molar-refractivity contribution is 0.318. The van der Waals surface area contributed by atoms with E-state index in [0.717, 1.165) is 37.6 Å². The van der Waals surface area contributed by atoms with Crippen LogP contribution in [0.1, 0.15) is 29.6 Å². The normalized spacial score (nSPS) is 20.0. The van der Waals surface area contributed by atoms with Crippen molar-refractivity contribution in [2.24, 2.45) is 7.05 Å². The third-order valence-electron chi connectivity index (χ3n) is 3.89. The first kappa shape index (κ1) is 12.4. The van der Waals surface area contributed by atoms with E-state index >= 15 is 0 Å². The van der Waals surface area contributed by atoms with Gasteiger partial charge in [0.25, 0.3) is 0 Å². The smallest absolute Gasteiger partial charge is 0.132 e. The SMILES string of the molecule is Cc1ccnc([C@@H]2CCN(Cc3cccn3C)C2)n1. The number of aryl methyl sites for hydroxylation is 2. The van der Waals surface area contributed by atoms with Gasteiger partial charge < -0.3 is 4.57 Å². The van der Waals surface area contributed by atoms with Crippen molar-refractivity contribution in [3.8, 4) is 0 Å². The molecular formula is C15H20N4. The summed E-state index contributed by atoms with van der Waals surface area (Å²) in [5.41, 5.74) is 2.43. The maximum absolute atomic E-state index is 4.56. The molecule has 1 atom stereocenters. The first-order valence-electron chi connectivity index (χ1n) is 6.84. The van der Waals surface area contributed by atoms with Crippen molar-refractivity contribution in [3.63, 3.8) is 0 Å². The summed E-state index contributed by atoms with van der Waals surface area (Å²) in [6.07, 6.45) is 5.14. The molecule has 100 valence electrons. The molecule has 0 radical (unpaired) electrons. The molecular weight excluding hydrogens is 236 g/mol. The zero-order chi connectivity index (χ0) is 13.2. The topological polar surface area (TPSA) is 34.0 Å². The summed E-state index contributed by atoms with van der Waals surface area (Å²) in [6, 6.07) is 6.25. The Kier molecular flexibility index (Phi) is 3.34. The van der Waals surface area contributed by atoms with Crippen LogP contribution in [0.5, 0.6) is 0 Å². The van der Waals surface area contributed by atoms with Crippen LogP contribution in [0.3, 0.4) is 0 Å². The molecule has 2 aromatic heterocycles. The lowest BCUT2D eigenvalue weighted by Crippen LogP contribution is -2.21. The average molecular weight is 256 g/mol. The highest BCUT2D eigenvalue weighted by atomic mass is 15.2. The van der Waals surface area contributed by atoms with Gasteiger partial charge in [-0.15, -0.1) is 0 Å². The quantitative estimate of drug-likeness (QED) is 0.843. The molecule has 0 amide bonds. The van der Waals surface area contributed by atoms with Crippen LogP contribution < -0.4 is 0 Å². The Morgan fingerprint density at radius 2 is 2.26 bits per heavy atom. The Balaban J connectivity index is 1.66. The monoisotopic (exact) mass is 256 g/mol. The van der Waals surface area contributed by atoms with Gasteiger partial charge in [0, 0.05) is 49.8 Å². The summed E-state index contributed by atoms with van der Waals surface area (Å²) in [5, 5.41) is 0. The van der Waals surface area contributed by atoms with Crippen molar-refractivity contribution in [2.45, 2.75) is 25.8 Å². The number of hydrogen-bond acceptors (Lipinski definition) is 3. The second-order valence-electron chi connectivity index (χ2n) is 5.39. The van der Waals surface area contributed by atoms with Crippen molar-refractivity contribution in [2.75, 3.05) is 13.1 Å². The molecule has 1 fully saturated rings. The Morgan fingerprint density at radius 3 is 3.00 bits per heavy atom. The maximum Gasteiger partial charge on any atom is 0.132 e. The fourth-order valence-corrected chi connectivity index (χ4v) is 2.74. The van der Waals surface area contributed by atoms with Gasteiger partial charge in [-0.3, -0.25) is 4.90 Å². The molecule has 0 aliphatic carbocycles. The van der Waals surface area contributed by atoms with Gasteiger partial charge in [0.15, 0.2) is 0 Å². The molecule has 3 rings (SSSR count). The Bertz CT molecular complexity index is 561. The fourth-order valence-electron chi connectivity index (χ4n) is 2.74. The lowest BCUT2D eigenvalue weighted by Gasteiger charge is -2.16. The molecule has 1 aliphatic heterocycles. The Morgan fingerprint density at radius 1 is 1.37 bits per heavy atom. The van der Waals surface area contributed by atoms with E-state index in [4.69, 9.17) is 0 Å². The van der Waals surface area contributed by atoms with Crippen molar-refractivity contribution in [3.05, 3.63) is 47.8 Å². The minimum absolute atomic E-state index is 0.486. The first-order chi connectivity index (χ1) is 9.22. The molecule has 0 bridgehead atoms. The highest BCUT2D eigenvalue weighted by Gasteiger charge is 2.26. The van der Waals surface area contributed by atoms with Crippen LogP contribution in [0.25, 0.3) is 0 Å². The maximum atomic E-state index is 4.56. The number of rotatable bonds is 3. The van der Waals surface area contributed by atoms with E-state index in [9.17, 15) is 0 Å². The van der Waals surface area contributed by atoms with Crippen LogP contribution in [0.2, 0.25) is 0 Å². The molecule has 0 N–H and O–H groups in total. The average Bonchev–Trinajstić information content (AvgIpc) is 3.00. The van der Waals surface area contributed by atoms with Gasteiger partial charge in [0.05, 0.1) is 0 Å². The molecule has 1 aliphatic rings. The first-order valence-corrected chi connectivity index (χ1v) is 6.84. The van der Waals surface area contributed by atoms with Crippen molar-refractivity contribution in [1.82, 2.24) is 19.4 Å². The molecule has 4 nitrogen and oxygen atoms in total. The summed E-state index contributed by atoms with van der Waals surface area (Å²) in [4.78, 5) is 11.5. The molecule has 0 saturated carbocycles. The van der Waals surface area contributed by atoms with E-state index in [2.05, 4.69) is 44.8 Å². The minimum atomic E-state index is 0.486. The molecule has 0 spiro atoms. The van der Waals surface area contributed by atoms with E-state index in [1.807, 2.05) is 19.2 Å². The molecule has 3 heterocycles. The van der Waals surface area contributed by atoms with Gasteiger partial charge >= 0.3 is 0 Å². The van der Waals surface area contributed by atoms with Crippen molar-refractivity contribution < 1.29 is 0 Å². The summed E-state index contributed by atoms with van der Waals surface area (Å²) in [5.74, 6) is 1.49. The largest absolute Gasteiger partial charge is 0.353 e. The van der Waals surface area contributed by atoms with Gasteiger partial charge in [0.1, 0.15) is 5.82 Å². The standard InChI is InChI=1S/C15H20N4/c1-12-5-7-16-15(17-12)13-6-9-19(10-13)11-14-4-3-8-18(14)2/h3-5,7-8,13H,6,9-11H2,1-2H3/t13-/m1/s1. The minimum Gasteiger partial charge on any atom is -0.353 e. The lowest BCUT2D eigenvalue weighted by atomic mass is 10.1. The van der Waals surface area contributed by atoms with E-state index in [0.29, 0.717) is 5.92 Å². The molecule has 0 unspecified atom stereocenters. The van der Waals surface area contributed by atoms with Gasteiger partial charge in [-0.05, 0) is 38.1 Å². The fraction of sp³-hybridized carbons (Fsp3) is 0.467. The van der Waals surface area contributed by atoms with Crippen LogP contribution in [-0.2, 0) is 13.6 Å².